The number of hydrogen-bond acceptors (Lipinski definition) is 3. The molecule has 0 amide bonds. The van der Waals surface area contributed by atoms with Crippen LogP contribution >= 0.6 is 0 Å². The Hall–Kier alpha value is -2.24. The van der Waals surface area contributed by atoms with Crippen LogP contribution in [-0.4, -0.2) is 16.2 Å². The minimum absolute atomic E-state index is 0.0696. The van der Waals surface area contributed by atoms with Gasteiger partial charge in [-0.3, -0.25) is 0 Å². The van der Waals surface area contributed by atoms with Gasteiger partial charge in [-0.15, -0.1) is 0 Å². The third-order valence-electron chi connectivity index (χ3n) is 2.30. The average molecular weight is 239 g/mol. The molecule has 1 aromatic carbocycles. The SMILES string of the molecule is Cc1c(F)cc(-c2cc(C(=O)O)on2)cc1F. The van der Waals surface area contributed by atoms with Crippen LogP contribution < -0.4 is 0 Å². The van der Waals surface area contributed by atoms with Crippen LogP contribution in [0.2, 0.25) is 0 Å². The van der Waals surface area contributed by atoms with Gasteiger partial charge in [-0.2, -0.15) is 0 Å². The zero-order chi connectivity index (χ0) is 12.6. The second-order valence-electron chi connectivity index (χ2n) is 3.45. The lowest BCUT2D eigenvalue weighted by Gasteiger charge is -2.01. The van der Waals surface area contributed by atoms with Crippen LogP contribution in [0.4, 0.5) is 8.78 Å². The fourth-order valence-electron chi connectivity index (χ4n) is 1.31. The van der Waals surface area contributed by atoms with Crippen molar-refractivity contribution in [3.63, 3.8) is 0 Å². The molecule has 0 unspecified atom stereocenters. The van der Waals surface area contributed by atoms with E-state index in [2.05, 4.69) is 9.68 Å². The van der Waals surface area contributed by atoms with Crippen molar-refractivity contribution in [3.8, 4) is 11.3 Å². The third kappa shape index (κ3) is 2.01. The number of rotatable bonds is 2. The van der Waals surface area contributed by atoms with Gasteiger partial charge in [0.15, 0.2) is 0 Å². The van der Waals surface area contributed by atoms with E-state index in [-0.39, 0.29) is 22.6 Å². The summed E-state index contributed by atoms with van der Waals surface area (Å²) < 4.78 is 31.0. The Labute approximate surface area is 94.5 Å². The Bertz CT molecular complexity index is 569. The highest BCUT2D eigenvalue weighted by Crippen LogP contribution is 2.23. The Balaban J connectivity index is 2.49. The molecule has 1 N–H and O–H groups in total. The van der Waals surface area contributed by atoms with E-state index in [0.717, 1.165) is 18.2 Å². The first-order chi connectivity index (χ1) is 7.99. The molecule has 0 bridgehead atoms. The van der Waals surface area contributed by atoms with Gasteiger partial charge >= 0.3 is 5.97 Å². The van der Waals surface area contributed by atoms with Gasteiger partial charge in [0.25, 0.3) is 0 Å². The third-order valence-corrected chi connectivity index (χ3v) is 2.30. The minimum atomic E-state index is -1.29. The monoisotopic (exact) mass is 239 g/mol. The molecular formula is C11H7F2NO3. The van der Waals surface area contributed by atoms with Gasteiger partial charge in [0.05, 0.1) is 0 Å². The van der Waals surface area contributed by atoms with Crippen LogP contribution in [0.1, 0.15) is 16.1 Å². The number of carboxylic acids is 1. The quantitative estimate of drug-likeness (QED) is 0.874. The molecule has 1 aromatic heterocycles. The van der Waals surface area contributed by atoms with E-state index >= 15 is 0 Å². The van der Waals surface area contributed by atoms with Crippen LogP contribution in [0.3, 0.4) is 0 Å². The minimum Gasteiger partial charge on any atom is -0.475 e. The average Bonchev–Trinajstić information content (AvgIpc) is 2.74. The fraction of sp³-hybridized carbons (Fsp3) is 0.0909. The van der Waals surface area contributed by atoms with E-state index in [1.165, 1.54) is 6.92 Å². The van der Waals surface area contributed by atoms with Crippen LogP contribution in [0, 0.1) is 18.6 Å². The molecule has 0 atom stereocenters. The van der Waals surface area contributed by atoms with Crippen molar-refractivity contribution in [2.75, 3.05) is 0 Å². The van der Waals surface area contributed by atoms with Crippen molar-refractivity contribution in [2.24, 2.45) is 0 Å². The van der Waals surface area contributed by atoms with E-state index in [9.17, 15) is 13.6 Å². The summed E-state index contributed by atoms with van der Waals surface area (Å²) >= 11 is 0. The van der Waals surface area contributed by atoms with Crippen LogP contribution in [0.15, 0.2) is 22.7 Å². The van der Waals surface area contributed by atoms with Crippen LogP contribution in [-0.2, 0) is 0 Å². The van der Waals surface area contributed by atoms with Crippen molar-refractivity contribution in [3.05, 3.63) is 41.2 Å². The molecule has 0 aliphatic carbocycles. The predicted molar refractivity (Wildman–Crippen MR) is 53.6 cm³/mol. The Morgan fingerprint density at radius 2 is 1.88 bits per heavy atom. The summed E-state index contributed by atoms with van der Waals surface area (Å²) in [6.07, 6.45) is 0. The first-order valence-electron chi connectivity index (χ1n) is 4.65. The van der Waals surface area contributed by atoms with Gasteiger partial charge in [0.1, 0.15) is 17.3 Å². The number of carbonyl (C=O) groups is 1. The van der Waals surface area contributed by atoms with Crippen LogP contribution in [0.25, 0.3) is 11.3 Å². The van der Waals surface area contributed by atoms with Crippen molar-refractivity contribution < 1.29 is 23.2 Å². The summed E-state index contributed by atoms with van der Waals surface area (Å²) in [6, 6.07) is 3.25. The molecule has 17 heavy (non-hydrogen) atoms. The number of aromatic carboxylic acids is 1. The molecule has 2 rings (SSSR count). The maximum atomic E-state index is 13.3. The van der Waals surface area contributed by atoms with Gasteiger partial charge in [-0.05, 0) is 19.1 Å². The summed E-state index contributed by atoms with van der Waals surface area (Å²) in [6.45, 7) is 1.31. The second-order valence-corrected chi connectivity index (χ2v) is 3.45. The fourth-order valence-corrected chi connectivity index (χ4v) is 1.31. The summed E-state index contributed by atoms with van der Waals surface area (Å²) in [5, 5.41) is 12.0. The van der Waals surface area contributed by atoms with Gasteiger partial charge < -0.3 is 9.63 Å². The highest BCUT2D eigenvalue weighted by Gasteiger charge is 2.15. The highest BCUT2D eigenvalue weighted by molar-refractivity contribution is 5.85. The number of aromatic nitrogens is 1. The summed E-state index contributed by atoms with van der Waals surface area (Å²) in [7, 11) is 0. The Kier molecular flexibility index (Phi) is 2.63. The Morgan fingerprint density at radius 3 is 2.35 bits per heavy atom. The number of benzene rings is 1. The molecule has 88 valence electrons. The molecule has 4 nitrogen and oxygen atoms in total. The molecule has 0 fully saturated rings. The number of halogens is 2. The van der Waals surface area contributed by atoms with Crippen molar-refractivity contribution in [1.82, 2.24) is 5.16 Å². The van der Waals surface area contributed by atoms with E-state index in [4.69, 9.17) is 5.11 Å². The van der Waals surface area contributed by atoms with Crippen molar-refractivity contribution in [2.45, 2.75) is 6.92 Å². The Morgan fingerprint density at radius 1 is 1.29 bits per heavy atom. The first-order valence-corrected chi connectivity index (χ1v) is 4.65. The molecule has 0 saturated carbocycles. The molecule has 0 aliphatic rings. The molecule has 6 heteroatoms. The summed E-state index contributed by atoms with van der Waals surface area (Å²) in [4.78, 5) is 10.6. The largest absolute Gasteiger partial charge is 0.475 e. The molecule has 1 heterocycles. The molecule has 0 saturated heterocycles. The second kappa shape index (κ2) is 3.97. The van der Waals surface area contributed by atoms with Gasteiger partial charge in [-0.25, -0.2) is 13.6 Å². The van der Waals surface area contributed by atoms with E-state index in [1.807, 2.05) is 0 Å². The van der Waals surface area contributed by atoms with Gasteiger partial charge in [0, 0.05) is 17.2 Å². The molecule has 0 radical (unpaired) electrons. The maximum Gasteiger partial charge on any atom is 0.374 e. The lowest BCUT2D eigenvalue weighted by Crippen LogP contribution is -1.92. The first kappa shape index (κ1) is 11.3. The zero-order valence-electron chi connectivity index (χ0n) is 8.70. The van der Waals surface area contributed by atoms with Crippen molar-refractivity contribution in [1.29, 1.82) is 0 Å². The van der Waals surface area contributed by atoms with E-state index < -0.39 is 17.6 Å². The standard InChI is InChI=1S/C11H7F2NO3/c1-5-7(12)2-6(3-8(5)13)9-4-10(11(15)16)17-14-9/h2-4H,1H3,(H,15,16). The summed E-state index contributed by atoms with van der Waals surface area (Å²) in [5.41, 5.74) is 0.0951. The smallest absolute Gasteiger partial charge is 0.374 e. The summed E-state index contributed by atoms with van der Waals surface area (Å²) in [5.74, 6) is -3.13. The molecule has 2 aromatic rings. The topological polar surface area (TPSA) is 63.3 Å². The lowest BCUT2D eigenvalue weighted by atomic mass is 10.1. The van der Waals surface area contributed by atoms with Gasteiger partial charge in [-0.1, -0.05) is 5.16 Å². The molecule has 0 spiro atoms. The lowest BCUT2D eigenvalue weighted by molar-refractivity contribution is 0.0652. The number of carboxylic acid groups (broad SMARTS) is 1. The van der Waals surface area contributed by atoms with Crippen molar-refractivity contribution >= 4 is 5.97 Å². The number of nitrogens with zero attached hydrogens (tertiary/aromatic N) is 1. The van der Waals surface area contributed by atoms with E-state index in [1.54, 1.807) is 0 Å². The normalized spacial score (nSPS) is 10.5. The number of hydrogen-bond donors (Lipinski definition) is 1. The van der Waals surface area contributed by atoms with E-state index in [0.29, 0.717) is 0 Å². The predicted octanol–water partition coefficient (Wildman–Crippen LogP) is 2.63. The van der Waals surface area contributed by atoms with Crippen LogP contribution in [0.5, 0.6) is 0 Å². The van der Waals surface area contributed by atoms with Gasteiger partial charge in [0.2, 0.25) is 5.76 Å². The maximum absolute atomic E-state index is 13.3. The highest BCUT2D eigenvalue weighted by atomic mass is 19.1. The zero-order valence-corrected chi connectivity index (χ0v) is 8.70. The molecule has 0 aliphatic heterocycles. The molecular weight excluding hydrogens is 232 g/mol.